The number of rotatable bonds is 14. The van der Waals surface area contributed by atoms with Gasteiger partial charge in [0.05, 0.1) is 5.52 Å². The third-order valence-corrected chi connectivity index (χ3v) is 12.0. The van der Waals surface area contributed by atoms with Crippen molar-refractivity contribution in [1.82, 2.24) is 4.98 Å². The number of hydrogen-bond donors (Lipinski definition) is 1. The summed E-state index contributed by atoms with van der Waals surface area (Å²) >= 11 is 0. The van der Waals surface area contributed by atoms with Crippen molar-refractivity contribution in [3.63, 3.8) is 0 Å². The molecule has 1 aliphatic rings. The molecule has 0 saturated heterocycles. The van der Waals surface area contributed by atoms with Crippen LogP contribution in [0.4, 0.5) is 17.1 Å². The summed E-state index contributed by atoms with van der Waals surface area (Å²) in [6.45, 7) is 9.00. The van der Waals surface area contributed by atoms with Crippen molar-refractivity contribution in [2.45, 2.75) is 97.3 Å². The summed E-state index contributed by atoms with van der Waals surface area (Å²) in [5.41, 5.74) is 17.0. The minimum atomic E-state index is -0.0429. The summed E-state index contributed by atoms with van der Waals surface area (Å²) in [7, 11) is 0. The van der Waals surface area contributed by atoms with Gasteiger partial charge in [-0.25, -0.2) is 0 Å². The fourth-order valence-electron chi connectivity index (χ4n) is 9.11. The summed E-state index contributed by atoms with van der Waals surface area (Å²) in [5, 5.41) is 2.59. The van der Waals surface area contributed by atoms with Gasteiger partial charge in [-0.3, -0.25) is 0 Å². The molecule has 0 amide bonds. The second kappa shape index (κ2) is 15.1. The average molecular weight is 695 g/mol. The first-order valence-electron chi connectivity index (χ1n) is 20.2. The highest BCUT2D eigenvalue weighted by atomic mass is 15.1. The Morgan fingerprint density at radius 1 is 0.491 bits per heavy atom. The first-order chi connectivity index (χ1) is 26.0. The molecule has 1 aliphatic carbocycles. The number of aryl methyl sites for hydroxylation is 2. The van der Waals surface area contributed by atoms with E-state index in [-0.39, 0.29) is 5.41 Å². The molecule has 0 aliphatic heterocycles. The van der Waals surface area contributed by atoms with Crippen LogP contribution in [0.15, 0.2) is 127 Å². The van der Waals surface area contributed by atoms with Crippen LogP contribution in [0.25, 0.3) is 44.1 Å². The van der Waals surface area contributed by atoms with Crippen LogP contribution in [0.3, 0.4) is 0 Å². The Bertz CT molecular complexity index is 2280. The number of unbranched alkanes of at least 4 members (excludes halogenated alkanes) is 6. The van der Waals surface area contributed by atoms with Gasteiger partial charge in [0.25, 0.3) is 0 Å². The fraction of sp³-hybridized carbons (Fsp3) is 0.294. The molecule has 8 rings (SSSR count). The Morgan fingerprint density at radius 2 is 1.06 bits per heavy atom. The Kier molecular flexibility index (Phi) is 9.97. The quantitative estimate of drug-likeness (QED) is 0.112. The van der Waals surface area contributed by atoms with Gasteiger partial charge in [-0.05, 0) is 103 Å². The van der Waals surface area contributed by atoms with Crippen LogP contribution in [0.2, 0.25) is 0 Å². The first-order valence-corrected chi connectivity index (χ1v) is 20.2. The SMILES string of the molecule is CCCCCCC1(CCCCCC)c2cc(-c3cccc4c3[nH]c3ccccc34)ccc2-c2ccc(N(c3ccc(C)cc3)c3ccc(C)cc3)cc21. The van der Waals surface area contributed by atoms with Gasteiger partial charge in [-0.2, -0.15) is 0 Å². The minimum absolute atomic E-state index is 0.0429. The molecule has 0 atom stereocenters. The van der Waals surface area contributed by atoms with Gasteiger partial charge in [0, 0.05) is 44.3 Å². The standard InChI is InChI=1S/C51H54N2/c1-5-7-9-13-32-51(33-14-10-8-6-2)47-34-38(42-17-15-18-46-45-16-11-12-19-49(45)52-50(42)46)24-30-43(47)44-31-29-41(35-48(44)51)53(39-25-20-36(3)21-26-39)40-27-22-37(4)23-28-40/h11-12,15-31,34-35,52H,5-10,13-14,32-33H2,1-4H3. The Hall–Kier alpha value is -5.08. The second-order valence-electron chi connectivity index (χ2n) is 15.6. The highest BCUT2D eigenvalue weighted by Crippen LogP contribution is 2.56. The number of hydrogen-bond acceptors (Lipinski definition) is 1. The fourth-order valence-corrected chi connectivity index (χ4v) is 9.11. The van der Waals surface area contributed by atoms with Gasteiger partial charge < -0.3 is 9.88 Å². The minimum Gasteiger partial charge on any atom is -0.354 e. The van der Waals surface area contributed by atoms with Crippen LogP contribution >= 0.6 is 0 Å². The van der Waals surface area contributed by atoms with Crippen LogP contribution in [0, 0.1) is 13.8 Å². The zero-order chi connectivity index (χ0) is 36.4. The van der Waals surface area contributed by atoms with E-state index < -0.39 is 0 Å². The van der Waals surface area contributed by atoms with E-state index in [1.165, 1.54) is 148 Å². The van der Waals surface area contributed by atoms with Crippen molar-refractivity contribution >= 4 is 38.9 Å². The number of para-hydroxylation sites is 2. The first kappa shape index (κ1) is 35.0. The highest BCUT2D eigenvalue weighted by Gasteiger charge is 2.43. The summed E-state index contributed by atoms with van der Waals surface area (Å²) in [6, 6.07) is 48.4. The van der Waals surface area contributed by atoms with Crippen LogP contribution in [0.5, 0.6) is 0 Å². The van der Waals surface area contributed by atoms with Crippen LogP contribution < -0.4 is 4.90 Å². The van der Waals surface area contributed by atoms with Gasteiger partial charge >= 0.3 is 0 Å². The van der Waals surface area contributed by atoms with Gasteiger partial charge in [0.2, 0.25) is 0 Å². The molecule has 7 aromatic rings. The second-order valence-corrected chi connectivity index (χ2v) is 15.6. The zero-order valence-electron chi connectivity index (χ0n) is 32.1. The molecule has 0 unspecified atom stereocenters. The van der Waals surface area contributed by atoms with Crippen LogP contribution in [0.1, 0.15) is 100 Å². The lowest BCUT2D eigenvalue weighted by Gasteiger charge is -2.34. The number of anilines is 3. The lowest BCUT2D eigenvalue weighted by atomic mass is 9.70. The van der Waals surface area contributed by atoms with Crippen molar-refractivity contribution in [1.29, 1.82) is 0 Å². The highest BCUT2D eigenvalue weighted by molar-refractivity contribution is 6.12. The van der Waals surface area contributed by atoms with Crippen molar-refractivity contribution in [2.75, 3.05) is 4.90 Å². The number of fused-ring (bicyclic) bond motifs is 6. The number of benzene rings is 6. The third-order valence-electron chi connectivity index (χ3n) is 12.0. The van der Waals surface area contributed by atoms with E-state index in [1.54, 1.807) is 0 Å². The smallest absolute Gasteiger partial charge is 0.0544 e. The monoisotopic (exact) mass is 694 g/mol. The molecule has 0 radical (unpaired) electrons. The topological polar surface area (TPSA) is 19.0 Å². The van der Waals surface area contributed by atoms with Crippen LogP contribution in [-0.4, -0.2) is 4.98 Å². The zero-order valence-corrected chi connectivity index (χ0v) is 32.1. The summed E-state index contributed by atoms with van der Waals surface area (Å²) in [4.78, 5) is 6.26. The molecule has 2 nitrogen and oxygen atoms in total. The molecule has 0 saturated carbocycles. The maximum atomic E-state index is 3.80. The molecule has 2 heteroatoms. The molecule has 268 valence electrons. The summed E-state index contributed by atoms with van der Waals surface area (Å²) < 4.78 is 0. The molecule has 1 heterocycles. The van der Waals surface area contributed by atoms with Crippen molar-refractivity contribution in [3.8, 4) is 22.3 Å². The van der Waals surface area contributed by atoms with E-state index in [9.17, 15) is 0 Å². The Balaban J connectivity index is 1.31. The molecule has 0 bridgehead atoms. The van der Waals surface area contributed by atoms with Gasteiger partial charge in [0.1, 0.15) is 0 Å². The molecule has 0 fully saturated rings. The third kappa shape index (κ3) is 6.58. The van der Waals surface area contributed by atoms with Crippen molar-refractivity contribution < 1.29 is 0 Å². The summed E-state index contributed by atoms with van der Waals surface area (Å²) in [5.74, 6) is 0. The molecular weight excluding hydrogens is 641 g/mol. The van der Waals surface area contributed by atoms with Gasteiger partial charge in [-0.15, -0.1) is 0 Å². The normalized spacial score (nSPS) is 13.1. The number of nitrogens with one attached hydrogen (secondary N) is 1. The Labute approximate surface area is 316 Å². The molecule has 0 spiro atoms. The van der Waals surface area contributed by atoms with E-state index in [2.05, 4.69) is 165 Å². The number of H-pyrrole nitrogens is 1. The van der Waals surface area contributed by atoms with Gasteiger partial charge in [0.15, 0.2) is 0 Å². The lowest BCUT2D eigenvalue weighted by molar-refractivity contribution is 0.401. The van der Waals surface area contributed by atoms with Gasteiger partial charge in [-0.1, -0.05) is 155 Å². The molecule has 6 aromatic carbocycles. The average Bonchev–Trinajstić information content (AvgIpc) is 3.70. The number of aromatic amines is 1. The van der Waals surface area contributed by atoms with Crippen molar-refractivity contribution in [2.24, 2.45) is 0 Å². The van der Waals surface area contributed by atoms with E-state index >= 15 is 0 Å². The maximum Gasteiger partial charge on any atom is 0.0544 e. The predicted molar refractivity (Wildman–Crippen MR) is 229 cm³/mol. The van der Waals surface area contributed by atoms with E-state index in [4.69, 9.17) is 0 Å². The van der Waals surface area contributed by atoms with E-state index in [0.29, 0.717) is 0 Å². The molecular formula is C51H54N2. The van der Waals surface area contributed by atoms with E-state index in [0.717, 1.165) is 0 Å². The number of aromatic nitrogens is 1. The van der Waals surface area contributed by atoms with Crippen LogP contribution in [-0.2, 0) is 5.41 Å². The van der Waals surface area contributed by atoms with Crippen molar-refractivity contribution in [3.05, 3.63) is 150 Å². The molecule has 1 N–H and O–H groups in total. The number of nitrogens with zero attached hydrogens (tertiary/aromatic N) is 1. The maximum absolute atomic E-state index is 3.80. The Morgan fingerprint density at radius 3 is 1.70 bits per heavy atom. The largest absolute Gasteiger partial charge is 0.354 e. The van der Waals surface area contributed by atoms with E-state index in [1.807, 2.05) is 0 Å². The lowest BCUT2D eigenvalue weighted by Crippen LogP contribution is -2.26. The molecule has 1 aromatic heterocycles. The molecule has 53 heavy (non-hydrogen) atoms. The predicted octanol–water partition coefficient (Wildman–Crippen LogP) is 15.3. The summed E-state index contributed by atoms with van der Waals surface area (Å²) in [6.07, 6.45) is 12.5.